The third-order valence-electron chi connectivity index (χ3n) is 2.99. The van der Waals surface area contributed by atoms with Crippen molar-refractivity contribution in [1.29, 1.82) is 0 Å². The fraction of sp³-hybridized carbons (Fsp3) is 0.545. The molecule has 0 spiro atoms. The van der Waals surface area contributed by atoms with Gasteiger partial charge in [-0.05, 0) is 24.1 Å². The van der Waals surface area contributed by atoms with Crippen LogP contribution >= 0.6 is 0 Å². The lowest BCUT2D eigenvalue weighted by Gasteiger charge is -2.29. The average Bonchev–Trinajstić information content (AvgIpc) is 2.29. The summed E-state index contributed by atoms with van der Waals surface area (Å²) in [5.74, 6) is 1.30. The van der Waals surface area contributed by atoms with Crippen LogP contribution in [0.15, 0.2) is 12.3 Å². The molecule has 1 fully saturated rings. The van der Waals surface area contributed by atoms with Crippen molar-refractivity contribution in [2.75, 3.05) is 29.5 Å². The van der Waals surface area contributed by atoms with Gasteiger partial charge in [-0.15, -0.1) is 0 Å². The van der Waals surface area contributed by atoms with Crippen LogP contribution in [0, 0.1) is 6.92 Å². The van der Waals surface area contributed by atoms with Crippen molar-refractivity contribution in [2.45, 2.75) is 13.5 Å². The van der Waals surface area contributed by atoms with Gasteiger partial charge in [-0.2, -0.15) is 0 Å². The second-order valence-electron chi connectivity index (χ2n) is 4.33. The molecule has 1 aromatic rings. The van der Waals surface area contributed by atoms with Gasteiger partial charge in [0.2, 0.25) is 0 Å². The van der Waals surface area contributed by atoms with E-state index >= 15 is 0 Å². The summed E-state index contributed by atoms with van der Waals surface area (Å²) < 4.78 is 22.7. The van der Waals surface area contributed by atoms with Gasteiger partial charge in [0.25, 0.3) is 0 Å². The number of sulfone groups is 1. The molecule has 0 amide bonds. The van der Waals surface area contributed by atoms with E-state index in [1.807, 2.05) is 17.9 Å². The first-order chi connectivity index (χ1) is 8.02. The maximum atomic E-state index is 11.3. The Morgan fingerprint density at radius 2 is 2.06 bits per heavy atom. The van der Waals surface area contributed by atoms with Crippen molar-refractivity contribution < 1.29 is 8.42 Å². The predicted octanol–water partition coefficient (Wildman–Crippen LogP) is 0.0835. The Kier molecular flexibility index (Phi) is 3.35. The lowest BCUT2D eigenvalue weighted by Crippen LogP contribution is -2.41. The molecule has 0 unspecified atom stereocenters. The lowest BCUT2D eigenvalue weighted by molar-refractivity contribution is 0.586. The molecule has 0 radical (unpaired) electrons. The molecule has 0 saturated carbocycles. The van der Waals surface area contributed by atoms with E-state index in [0.29, 0.717) is 19.6 Å². The summed E-state index contributed by atoms with van der Waals surface area (Å²) in [7, 11) is -2.84. The van der Waals surface area contributed by atoms with Crippen LogP contribution in [0.3, 0.4) is 0 Å². The van der Waals surface area contributed by atoms with Gasteiger partial charge in [0.05, 0.1) is 11.5 Å². The van der Waals surface area contributed by atoms with Gasteiger partial charge < -0.3 is 10.6 Å². The standard InChI is InChI=1S/C11H17N3O2S/c1-9-6-10(7-12)8-13-11(9)14-2-4-17(15,16)5-3-14/h6,8H,2-5,7,12H2,1H3. The van der Waals surface area contributed by atoms with Crippen molar-refractivity contribution in [3.8, 4) is 0 Å². The first-order valence-corrected chi connectivity index (χ1v) is 7.45. The zero-order valence-electron chi connectivity index (χ0n) is 9.89. The van der Waals surface area contributed by atoms with Crippen molar-refractivity contribution in [2.24, 2.45) is 5.73 Å². The minimum atomic E-state index is -2.84. The number of nitrogens with zero attached hydrogens (tertiary/aromatic N) is 2. The molecule has 1 aliphatic heterocycles. The van der Waals surface area contributed by atoms with Crippen LogP contribution < -0.4 is 10.6 Å². The summed E-state index contributed by atoms with van der Waals surface area (Å²) in [6.07, 6.45) is 1.76. The van der Waals surface area contributed by atoms with Crippen LogP contribution in [0.1, 0.15) is 11.1 Å². The number of pyridine rings is 1. The number of hydrogen-bond acceptors (Lipinski definition) is 5. The number of rotatable bonds is 2. The molecule has 0 bridgehead atoms. The second kappa shape index (κ2) is 4.62. The Morgan fingerprint density at radius 1 is 1.41 bits per heavy atom. The highest BCUT2D eigenvalue weighted by atomic mass is 32.2. The Balaban J connectivity index is 2.19. The number of anilines is 1. The molecule has 2 heterocycles. The summed E-state index contributed by atoms with van der Waals surface area (Å²) >= 11 is 0. The molecule has 94 valence electrons. The highest BCUT2D eigenvalue weighted by Crippen LogP contribution is 2.19. The Labute approximate surface area is 102 Å². The van der Waals surface area contributed by atoms with E-state index < -0.39 is 9.84 Å². The Bertz CT molecular complexity index is 499. The molecule has 6 heteroatoms. The molecule has 0 aromatic carbocycles. The molecule has 1 saturated heterocycles. The third-order valence-corrected chi connectivity index (χ3v) is 4.60. The Hall–Kier alpha value is -1.14. The minimum absolute atomic E-state index is 0.215. The SMILES string of the molecule is Cc1cc(CN)cnc1N1CCS(=O)(=O)CC1. The molecule has 1 aromatic heterocycles. The van der Waals surface area contributed by atoms with Gasteiger partial charge in [-0.3, -0.25) is 0 Å². The molecular weight excluding hydrogens is 238 g/mol. The zero-order valence-corrected chi connectivity index (χ0v) is 10.7. The van der Waals surface area contributed by atoms with E-state index in [2.05, 4.69) is 4.98 Å². The lowest BCUT2D eigenvalue weighted by atomic mass is 10.2. The van der Waals surface area contributed by atoms with E-state index in [4.69, 9.17) is 5.73 Å². The predicted molar refractivity (Wildman–Crippen MR) is 67.7 cm³/mol. The van der Waals surface area contributed by atoms with E-state index in [0.717, 1.165) is 16.9 Å². The van der Waals surface area contributed by atoms with Gasteiger partial charge in [0.15, 0.2) is 9.84 Å². The summed E-state index contributed by atoms with van der Waals surface area (Å²) in [5.41, 5.74) is 7.59. The number of aromatic nitrogens is 1. The monoisotopic (exact) mass is 255 g/mol. The molecule has 2 rings (SSSR count). The quantitative estimate of drug-likeness (QED) is 0.810. The summed E-state index contributed by atoms with van der Waals surface area (Å²) in [6, 6.07) is 2.01. The van der Waals surface area contributed by atoms with Gasteiger partial charge in [-0.1, -0.05) is 0 Å². The molecule has 2 N–H and O–H groups in total. The molecule has 5 nitrogen and oxygen atoms in total. The molecular formula is C11H17N3O2S. The Morgan fingerprint density at radius 3 is 2.59 bits per heavy atom. The van der Waals surface area contributed by atoms with E-state index in [-0.39, 0.29) is 11.5 Å². The summed E-state index contributed by atoms with van der Waals surface area (Å²) in [6.45, 7) is 3.50. The third kappa shape index (κ3) is 2.76. The summed E-state index contributed by atoms with van der Waals surface area (Å²) in [5, 5.41) is 0. The van der Waals surface area contributed by atoms with Crippen LogP contribution in [0.4, 0.5) is 5.82 Å². The highest BCUT2D eigenvalue weighted by molar-refractivity contribution is 7.91. The largest absolute Gasteiger partial charge is 0.354 e. The first kappa shape index (κ1) is 12.3. The van der Waals surface area contributed by atoms with Crippen LogP contribution in [0.5, 0.6) is 0 Å². The van der Waals surface area contributed by atoms with Crippen LogP contribution in [0.25, 0.3) is 0 Å². The number of aryl methyl sites for hydroxylation is 1. The molecule has 0 atom stereocenters. The van der Waals surface area contributed by atoms with Crippen LogP contribution in [-0.4, -0.2) is 38.0 Å². The number of hydrogen-bond donors (Lipinski definition) is 1. The smallest absolute Gasteiger partial charge is 0.153 e. The first-order valence-electron chi connectivity index (χ1n) is 5.63. The fourth-order valence-corrected chi connectivity index (χ4v) is 3.19. The zero-order chi connectivity index (χ0) is 12.5. The maximum Gasteiger partial charge on any atom is 0.153 e. The van der Waals surface area contributed by atoms with Crippen molar-refractivity contribution in [3.63, 3.8) is 0 Å². The molecule has 0 aliphatic carbocycles. The van der Waals surface area contributed by atoms with Crippen molar-refractivity contribution in [1.82, 2.24) is 4.98 Å². The van der Waals surface area contributed by atoms with Gasteiger partial charge in [0, 0.05) is 25.8 Å². The van der Waals surface area contributed by atoms with Crippen molar-refractivity contribution in [3.05, 3.63) is 23.4 Å². The van der Waals surface area contributed by atoms with Gasteiger partial charge in [-0.25, -0.2) is 13.4 Å². The topological polar surface area (TPSA) is 76.3 Å². The number of nitrogens with two attached hydrogens (primary N) is 1. The average molecular weight is 255 g/mol. The van der Waals surface area contributed by atoms with E-state index in [1.54, 1.807) is 6.20 Å². The van der Waals surface area contributed by atoms with E-state index in [9.17, 15) is 8.42 Å². The van der Waals surface area contributed by atoms with Gasteiger partial charge in [0.1, 0.15) is 5.82 Å². The van der Waals surface area contributed by atoms with Crippen molar-refractivity contribution >= 4 is 15.7 Å². The van der Waals surface area contributed by atoms with E-state index in [1.165, 1.54) is 0 Å². The highest BCUT2D eigenvalue weighted by Gasteiger charge is 2.23. The normalized spacial score (nSPS) is 19.3. The maximum absolute atomic E-state index is 11.3. The van der Waals surface area contributed by atoms with Gasteiger partial charge >= 0.3 is 0 Å². The minimum Gasteiger partial charge on any atom is -0.354 e. The molecule has 1 aliphatic rings. The van der Waals surface area contributed by atoms with Crippen LogP contribution in [0.2, 0.25) is 0 Å². The second-order valence-corrected chi connectivity index (χ2v) is 6.63. The van der Waals surface area contributed by atoms with Crippen LogP contribution in [-0.2, 0) is 16.4 Å². The summed E-state index contributed by atoms with van der Waals surface area (Å²) in [4.78, 5) is 6.40. The molecule has 17 heavy (non-hydrogen) atoms. The fourth-order valence-electron chi connectivity index (χ4n) is 1.99.